The summed E-state index contributed by atoms with van der Waals surface area (Å²) >= 11 is 3.32. The molecule has 3 N–H and O–H groups in total. The summed E-state index contributed by atoms with van der Waals surface area (Å²) < 4.78 is 0.823. The van der Waals surface area contributed by atoms with Crippen LogP contribution < -0.4 is 5.73 Å². The Bertz CT molecular complexity index is 276. The third-order valence-corrected chi connectivity index (χ3v) is 2.35. The van der Waals surface area contributed by atoms with Gasteiger partial charge in [-0.15, -0.1) is 0 Å². The van der Waals surface area contributed by atoms with E-state index in [1.807, 2.05) is 0 Å². The number of nitrogens with two attached hydrogens (primary N) is 1. The number of rotatable bonds is 2. The molecule has 0 unspecified atom stereocenters. The summed E-state index contributed by atoms with van der Waals surface area (Å²) in [7, 11) is 0. The van der Waals surface area contributed by atoms with Gasteiger partial charge in [0.15, 0.2) is 0 Å². The molecule has 0 aliphatic heterocycles. The topological polar surface area (TPSA) is 59.1 Å². The van der Waals surface area contributed by atoms with Gasteiger partial charge in [-0.05, 0) is 34.5 Å². The quantitative estimate of drug-likeness (QED) is 0.798. The minimum absolute atomic E-state index is 0.0877. The van der Waals surface area contributed by atoms with E-state index in [0.717, 1.165) is 10.0 Å². The lowest BCUT2D eigenvalue weighted by Crippen LogP contribution is -2.37. The first-order chi connectivity index (χ1) is 5.58. The number of halogens is 1. The smallest absolute Gasteiger partial charge is 0.0650 e. The molecular formula is C8H11BrN2O. The zero-order valence-corrected chi connectivity index (χ0v) is 8.37. The zero-order valence-electron chi connectivity index (χ0n) is 6.79. The van der Waals surface area contributed by atoms with Gasteiger partial charge in [-0.2, -0.15) is 0 Å². The Labute approximate surface area is 79.7 Å². The molecule has 0 amide bonds. The number of aromatic nitrogens is 1. The Morgan fingerprint density at radius 2 is 2.42 bits per heavy atom. The molecule has 66 valence electrons. The maximum atomic E-state index is 9.01. The van der Waals surface area contributed by atoms with Crippen molar-refractivity contribution in [2.45, 2.75) is 12.5 Å². The number of hydrogen-bond acceptors (Lipinski definition) is 3. The van der Waals surface area contributed by atoms with Gasteiger partial charge in [0.1, 0.15) is 0 Å². The lowest BCUT2D eigenvalue weighted by molar-refractivity contribution is 0.209. The van der Waals surface area contributed by atoms with Gasteiger partial charge < -0.3 is 10.8 Å². The summed E-state index contributed by atoms with van der Waals surface area (Å²) in [4.78, 5) is 3.91. The Morgan fingerprint density at radius 1 is 1.75 bits per heavy atom. The van der Waals surface area contributed by atoms with E-state index in [-0.39, 0.29) is 6.61 Å². The second-order valence-corrected chi connectivity index (χ2v) is 3.79. The molecular weight excluding hydrogens is 220 g/mol. The van der Waals surface area contributed by atoms with E-state index >= 15 is 0 Å². The van der Waals surface area contributed by atoms with E-state index in [2.05, 4.69) is 20.9 Å². The molecule has 4 heteroatoms. The predicted molar refractivity (Wildman–Crippen MR) is 50.6 cm³/mol. The number of aliphatic hydroxyl groups is 1. The normalized spacial score (nSPS) is 15.7. The Balaban J connectivity index is 3.10. The van der Waals surface area contributed by atoms with E-state index in [9.17, 15) is 0 Å². The van der Waals surface area contributed by atoms with Gasteiger partial charge in [0.05, 0.1) is 12.1 Å². The van der Waals surface area contributed by atoms with Gasteiger partial charge in [0, 0.05) is 16.9 Å². The fraction of sp³-hybridized carbons (Fsp3) is 0.375. The molecule has 0 aliphatic rings. The van der Waals surface area contributed by atoms with E-state index in [4.69, 9.17) is 10.8 Å². The van der Waals surface area contributed by atoms with Crippen LogP contribution in [0.1, 0.15) is 12.5 Å². The number of pyridine rings is 1. The van der Waals surface area contributed by atoms with Crippen LogP contribution in [-0.2, 0) is 5.54 Å². The average Bonchev–Trinajstić information content (AvgIpc) is 2.05. The summed E-state index contributed by atoms with van der Waals surface area (Å²) in [6.45, 7) is 1.68. The molecule has 12 heavy (non-hydrogen) atoms. The second kappa shape index (κ2) is 3.51. The van der Waals surface area contributed by atoms with Crippen LogP contribution >= 0.6 is 15.9 Å². The highest BCUT2D eigenvalue weighted by atomic mass is 79.9. The molecule has 0 aliphatic carbocycles. The summed E-state index contributed by atoms with van der Waals surface area (Å²) in [6, 6.07) is 1.79. The number of hydrogen-bond donors (Lipinski definition) is 2. The van der Waals surface area contributed by atoms with Crippen molar-refractivity contribution in [3.05, 3.63) is 28.5 Å². The highest BCUT2D eigenvalue weighted by molar-refractivity contribution is 9.10. The van der Waals surface area contributed by atoms with Crippen LogP contribution in [0, 0.1) is 0 Å². The molecule has 0 spiro atoms. The molecule has 0 fully saturated rings. The molecule has 3 nitrogen and oxygen atoms in total. The fourth-order valence-electron chi connectivity index (χ4n) is 0.924. The molecule has 1 atom stereocenters. The number of nitrogens with zero attached hydrogens (tertiary/aromatic N) is 1. The van der Waals surface area contributed by atoms with Gasteiger partial charge >= 0.3 is 0 Å². The fourth-order valence-corrected chi connectivity index (χ4v) is 1.63. The summed E-state index contributed by atoms with van der Waals surface area (Å²) in [5, 5.41) is 9.01. The first kappa shape index (κ1) is 9.64. The highest BCUT2D eigenvalue weighted by Gasteiger charge is 2.22. The first-order valence-corrected chi connectivity index (χ1v) is 4.37. The van der Waals surface area contributed by atoms with Crippen LogP contribution in [0.25, 0.3) is 0 Å². The zero-order chi connectivity index (χ0) is 9.19. The second-order valence-electron chi connectivity index (χ2n) is 2.93. The predicted octanol–water partition coefficient (Wildman–Crippen LogP) is 1.01. The SMILES string of the molecule is C[C@](N)(CO)c1ccncc1Br. The molecule has 0 radical (unpaired) electrons. The van der Waals surface area contributed by atoms with Gasteiger partial charge in [0.2, 0.25) is 0 Å². The molecule has 0 saturated carbocycles. The molecule has 1 heterocycles. The molecule has 1 aromatic heterocycles. The van der Waals surface area contributed by atoms with Crippen molar-refractivity contribution in [1.29, 1.82) is 0 Å². The van der Waals surface area contributed by atoms with Crippen LogP contribution in [0.2, 0.25) is 0 Å². The van der Waals surface area contributed by atoms with E-state index in [1.165, 1.54) is 0 Å². The van der Waals surface area contributed by atoms with E-state index in [1.54, 1.807) is 25.4 Å². The first-order valence-electron chi connectivity index (χ1n) is 3.57. The van der Waals surface area contributed by atoms with Crippen molar-refractivity contribution in [3.8, 4) is 0 Å². The minimum Gasteiger partial charge on any atom is -0.394 e. The lowest BCUT2D eigenvalue weighted by atomic mass is 9.95. The van der Waals surface area contributed by atoms with Crippen molar-refractivity contribution >= 4 is 15.9 Å². The summed E-state index contributed by atoms with van der Waals surface area (Å²) in [6.07, 6.45) is 3.32. The lowest BCUT2D eigenvalue weighted by Gasteiger charge is -2.23. The summed E-state index contributed by atoms with van der Waals surface area (Å²) in [5.41, 5.74) is 5.98. The van der Waals surface area contributed by atoms with Gasteiger partial charge in [-0.25, -0.2) is 0 Å². The molecule has 1 rings (SSSR count). The third kappa shape index (κ3) is 1.83. The van der Waals surface area contributed by atoms with Crippen molar-refractivity contribution < 1.29 is 5.11 Å². The van der Waals surface area contributed by atoms with Gasteiger partial charge in [0.25, 0.3) is 0 Å². The average molecular weight is 231 g/mol. The van der Waals surface area contributed by atoms with Crippen molar-refractivity contribution in [2.24, 2.45) is 5.73 Å². The van der Waals surface area contributed by atoms with Crippen LogP contribution in [0.4, 0.5) is 0 Å². The Hall–Kier alpha value is -0.450. The Kier molecular flexibility index (Phi) is 2.82. The highest BCUT2D eigenvalue weighted by Crippen LogP contribution is 2.24. The van der Waals surface area contributed by atoms with Crippen molar-refractivity contribution in [1.82, 2.24) is 4.98 Å². The molecule has 0 bridgehead atoms. The maximum absolute atomic E-state index is 9.01. The summed E-state index contributed by atoms with van der Waals surface area (Å²) in [5.74, 6) is 0. The molecule has 1 aromatic rings. The maximum Gasteiger partial charge on any atom is 0.0650 e. The Morgan fingerprint density at radius 3 is 2.92 bits per heavy atom. The number of aliphatic hydroxyl groups excluding tert-OH is 1. The van der Waals surface area contributed by atoms with Crippen molar-refractivity contribution in [3.63, 3.8) is 0 Å². The van der Waals surface area contributed by atoms with E-state index in [0.29, 0.717) is 0 Å². The minimum atomic E-state index is -0.707. The van der Waals surface area contributed by atoms with E-state index < -0.39 is 5.54 Å². The van der Waals surface area contributed by atoms with Gasteiger partial charge in [-0.3, -0.25) is 4.98 Å². The van der Waals surface area contributed by atoms with Crippen LogP contribution in [0.15, 0.2) is 22.9 Å². The van der Waals surface area contributed by atoms with Crippen molar-refractivity contribution in [2.75, 3.05) is 6.61 Å². The van der Waals surface area contributed by atoms with Crippen LogP contribution in [0.5, 0.6) is 0 Å². The largest absolute Gasteiger partial charge is 0.394 e. The van der Waals surface area contributed by atoms with Crippen LogP contribution in [0.3, 0.4) is 0 Å². The monoisotopic (exact) mass is 230 g/mol. The molecule has 0 aromatic carbocycles. The third-order valence-electron chi connectivity index (χ3n) is 1.72. The van der Waals surface area contributed by atoms with Crippen LogP contribution in [-0.4, -0.2) is 16.7 Å². The molecule has 0 saturated heterocycles. The standard InChI is InChI=1S/C8H11BrN2O/c1-8(10,5-12)6-2-3-11-4-7(6)9/h2-4,12H,5,10H2,1H3/t8-/m0/s1. The van der Waals surface area contributed by atoms with Gasteiger partial charge in [-0.1, -0.05) is 0 Å².